The number of carbonyl (C=O) groups excluding carboxylic acids is 1. The molecule has 136 valence electrons. The van der Waals surface area contributed by atoms with Crippen LogP contribution in [-0.4, -0.2) is 46.7 Å². The number of nitrogens with one attached hydrogen (secondary N) is 1. The minimum atomic E-state index is -0.0181. The van der Waals surface area contributed by atoms with Crippen LogP contribution < -0.4 is 5.32 Å². The summed E-state index contributed by atoms with van der Waals surface area (Å²) < 4.78 is 5.46. The Morgan fingerprint density at radius 1 is 1.31 bits per heavy atom. The highest BCUT2D eigenvalue weighted by Crippen LogP contribution is 2.30. The highest BCUT2D eigenvalue weighted by Gasteiger charge is 2.34. The fourth-order valence-corrected chi connectivity index (χ4v) is 3.36. The van der Waals surface area contributed by atoms with Gasteiger partial charge in [0, 0.05) is 42.6 Å². The van der Waals surface area contributed by atoms with E-state index >= 15 is 0 Å². The van der Waals surface area contributed by atoms with Gasteiger partial charge in [0.25, 0.3) is 0 Å². The second-order valence-electron chi connectivity index (χ2n) is 7.11. The summed E-state index contributed by atoms with van der Waals surface area (Å²) in [5.41, 5.74) is 2.61. The zero-order chi connectivity index (χ0) is 17.9. The lowest BCUT2D eigenvalue weighted by Gasteiger charge is -2.25. The van der Waals surface area contributed by atoms with Crippen molar-refractivity contribution in [2.45, 2.75) is 32.2 Å². The van der Waals surface area contributed by atoms with E-state index in [4.69, 9.17) is 4.74 Å². The lowest BCUT2D eigenvalue weighted by molar-refractivity contribution is 0.167. The molecule has 0 radical (unpaired) electrons. The van der Waals surface area contributed by atoms with Gasteiger partial charge in [-0.3, -0.25) is 0 Å². The Balaban J connectivity index is 1.47. The van der Waals surface area contributed by atoms with Crippen LogP contribution in [0.15, 0.2) is 36.5 Å². The molecule has 1 saturated heterocycles. The summed E-state index contributed by atoms with van der Waals surface area (Å²) in [7, 11) is 0. The molecule has 0 bridgehead atoms. The van der Waals surface area contributed by atoms with Crippen molar-refractivity contribution in [3.05, 3.63) is 42.4 Å². The Bertz CT molecular complexity index is 785. The first-order chi connectivity index (χ1) is 12.7. The molecule has 1 aromatic carbocycles. The number of carbonyl (C=O) groups is 1. The Kier molecular flexibility index (Phi) is 4.84. The molecular weight excluding hydrogens is 328 g/mol. The number of aryl methyl sites for hydroxylation is 1. The smallest absolute Gasteiger partial charge is 0.322 e. The lowest BCUT2D eigenvalue weighted by Crippen LogP contribution is -2.40. The maximum absolute atomic E-state index is 12.8. The minimum Gasteiger partial charge on any atom is -0.381 e. The lowest BCUT2D eigenvalue weighted by atomic mass is 10.1. The van der Waals surface area contributed by atoms with Crippen LogP contribution in [0.3, 0.4) is 0 Å². The second kappa shape index (κ2) is 7.41. The highest BCUT2D eigenvalue weighted by atomic mass is 16.5. The van der Waals surface area contributed by atoms with E-state index in [-0.39, 0.29) is 6.03 Å². The molecule has 0 spiro atoms. The third-order valence-electron chi connectivity index (χ3n) is 4.91. The average Bonchev–Trinajstić information content (AvgIpc) is 3.35. The SMILES string of the molecule is Cc1nccc(-c2cccc(NC(=O)N(CC3CCOC3)C3CC3)c2)n1. The summed E-state index contributed by atoms with van der Waals surface area (Å²) in [5.74, 6) is 1.19. The molecule has 1 N–H and O–H groups in total. The van der Waals surface area contributed by atoms with E-state index in [2.05, 4.69) is 15.3 Å². The number of nitrogens with zero attached hydrogens (tertiary/aromatic N) is 3. The van der Waals surface area contributed by atoms with Crippen molar-refractivity contribution in [1.82, 2.24) is 14.9 Å². The standard InChI is InChI=1S/C20H24N4O2/c1-14-21-9-7-19(22-14)16-3-2-4-17(11-16)23-20(25)24(18-5-6-18)12-15-8-10-26-13-15/h2-4,7,9,11,15,18H,5-6,8,10,12-13H2,1H3,(H,23,25). The third-order valence-corrected chi connectivity index (χ3v) is 4.91. The van der Waals surface area contributed by atoms with Gasteiger partial charge in [-0.05, 0) is 44.4 Å². The zero-order valence-corrected chi connectivity index (χ0v) is 15.0. The van der Waals surface area contributed by atoms with Crippen LogP contribution in [0.1, 0.15) is 25.1 Å². The minimum absolute atomic E-state index is 0.0181. The van der Waals surface area contributed by atoms with Gasteiger partial charge in [-0.15, -0.1) is 0 Å². The van der Waals surface area contributed by atoms with Gasteiger partial charge in [-0.1, -0.05) is 12.1 Å². The molecular formula is C20H24N4O2. The summed E-state index contributed by atoms with van der Waals surface area (Å²) >= 11 is 0. The number of benzene rings is 1. The third kappa shape index (κ3) is 4.02. The van der Waals surface area contributed by atoms with Crippen molar-refractivity contribution >= 4 is 11.7 Å². The fraction of sp³-hybridized carbons (Fsp3) is 0.450. The van der Waals surface area contributed by atoms with Gasteiger partial charge in [-0.2, -0.15) is 0 Å². The quantitative estimate of drug-likeness (QED) is 0.894. The van der Waals surface area contributed by atoms with Gasteiger partial charge in [0.15, 0.2) is 0 Å². The molecule has 1 atom stereocenters. The normalized spacial score (nSPS) is 19.3. The van der Waals surface area contributed by atoms with Crippen LogP contribution in [0, 0.1) is 12.8 Å². The Morgan fingerprint density at radius 2 is 2.19 bits per heavy atom. The van der Waals surface area contributed by atoms with E-state index in [0.717, 1.165) is 61.8 Å². The Hall–Kier alpha value is -2.47. The molecule has 26 heavy (non-hydrogen) atoms. The van der Waals surface area contributed by atoms with Crippen molar-refractivity contribution < 1.29 is 9.53 Å². The van der Waals surface area contributed by atoms with Crippen molar-refractivity contribution in [2.24, 2.45) is 5.92 Å². The van der Waals surface area contributed by atoms with Gasteiger partial charge < -0.3 is 15.0 Å². The van der Waals surface area contributed by atoms with Crippen molar-refractivity contribution in [3.8, 4) is 11.3 Å². The van der Waals surface area contributed by atoms with Crippen LogP contribution in [0.25, 0.3) is 11.3 Å². The molecule has 1 aliphatic heterocycles. The number of aromatic nitrogens is 2. The maximum atomic E-state index is 12.8. The van der Waals surface area contributed by atoms with Gasteiger partial charge >= 0.3 is 6.03 Å². The fourth-order valence-electron chi connectivity index (χ4n) is 3.36. The molecule has 1 aromatic heterocycles. The summed E-state index contributed by atoms with van der Waals surface area (Å²) in [5, 5.41) is 3.06. The summed E-state index contributed by atoms with van der Waals surface area (Å²) in [6.45, 7) is 4.22. The molecule has 2 amide bonds. The second-order valence-corrected chi connectivity index (χ2v) is 7.11. The summed E-state index contributed by atoms with van der Waals surface area (Å²) in [6.07, 6.45) is 4.99. The maximum Gasteiger partial charge on any atom is 0.322 e. The van der Waals surface area contributed by atoms with E-state index in [1.54, 1.807) is 6.20 Å². The van der Waals surface area contributed by atoms with Crippen molar-refractivity contribution in [1.29, 1.82) is 0 Å². The molecule has 1 unspecified atom stereocenters. The van der Waals surface area contributed by atoms with Gasteiger partial charge in [0.05, 0.1) is 12.3 Å². The van der Waals surface area contributed by atoms with E-state index in [1.807, 2.05) is 42.2 Å². The molecule has 2 aromatic rings. The molecule has 6 heteroatoms. The first-order valence-electron chi connectivity index (χ1n) is 9.24. The van der Waals surface area contributed by atoms with E-state index in [9.17, 15) is 4.79 Å². The number of urea groups is 1. The number of hydrogen-bond acceptors (Lipinski definition) is 4. The monoisotopic (exact) mass is 352 g/mol. The van der Waals surface area contributed by atoms with Crippen LogP contribution in [0.2, 0.25) is 0 Å². The number of ether oxygens (including phenoxy) is 1. The number of hydrogen-bond donors (Lipinski definition) is 1. The van der Waals surface area contributed by atoms with Crippen LogP contribution in [-0.2, 0) is 4.74 Å². The molecule has 2 aliphatic rings. The van der Waals surface area contributed by atoms with Crippen LogP contribution in [0.4, 0.5) is 10.5 Å². The molecule has 4 rings (SSSR count). The summed E-state index contributed by atoms with van der Waals surface area (Å²) in [6, 6.07) is 10.0. The number of amides is 2. The van der Waals surface area contributed by atoms with Crippen molar-refractivity contribution in [2.75, 3.05) is 25.1 Å². The van der Waals surface area contributed by atoms with E-state index < -0.39 is 0 Å². The van der Waals surface area contributed by atoms with Gasteiger partial charge in [0.1, 0.15) is 5.82 Å². The zero-order valence-electron chi connectivity index (χ0n) is 15.0. The molecule has 2 fully saturated rings. The molecule has 2 heterocycles. The predicted molar refractivity (Wildman–Crippen MR) is 99.9 cm³/mol. The van der Waals surface area contributed by atoms with Gasteiger partial charge in [-0.25, -0.2) is 14.8 Å². The van der Waals surface area contributed by atoms with Gasteiger partial charge in [0.2, 0.25) is 0 Å². The predicted octanol–water partition coefficient (Wildman–Crippen LogP) is 3.48. The Morgan fingerprint density at radius 3 is 2.92 bits per heavy atom. The molecule has 6 nitrogen and oxygen atoms in total. The summed E-state index contributed by atoms with van der Waals surface area (Å²) in [4.78, 5) is 23.4. The number of anilines is 1. The van der Waals surface area contributed by atoms with E-state index in [0.29, 0.717) is 12.0 Å². The number of rotatable bonds is 5. The van der Waals surface area contributed by atoms with E-state index in [1.165, 1.54) is 0 Å². The van der Waals surface area contributed by atoms with Crippen molar-refractivity contribution in [3.63, 3.8) is 0 Å². The first-order valence-corrected chi connectivity index (χ1v) is 9.24. The molecule has 1 aliphatic carbocycles. The first kappa shape index (κ1) is 17.0. The Labute approximate surface area is 153 Å². The largest absolute Gasteiger partial charge is 0.381 e. The topological polar surface area (TPSA) is 67.4 Å². The highest BCUT2D eigenvalue weighted by molar-refractivity contribution is 5.90. The van der Waals surface area contributed by atoms with Crippen LogP contribution in [0.5, 0.6) is 0 Å². The average molecular weight is 352 g/mol. The molecule has 1 saturated carbocycles. The van der Waals surface area contributed by atoms with Crippen LogP contribution >= 0.6 is 0 Å².